The Morgan fingerprint density at radius 1 is 1.08 bits per heavy atom. The number of carbonyl (C=O) groups is 5. The van der Waals surface area contributed by atoms with E-state index in [9.17, 15) is 24.0 Å². The van der Waals surface area contributed by atoms with E-state index in [1.165, 1.54) is 11.8 Å². The summed E-state index contributed by atoms with van der Waals surface area (Å²) in [5, 5.41) is 15.8. The van der Waals surface area contributed by atoms with Crippen LogP contribution in [-0.4, -0.2) is 71.9 Å². The number of nitrogens with one attached hydrogen (secondary N) is 3. The average Bonchev–Trinajstić information content (AvgIpc) is 2.54. The van der Waals surface area contributed by atoms with E-state index in [0.717, 1.165) is 0 Å². The van der Waals surface area contributed by atoms with Crippen molar-refractivity contribution in [1.82, 2.24) is 16.0 Å². The van der Waals surface area contributed by atoms with Crippen molar-refractivity contribution in [3.8, 4) is 0 Å². The van der Waals surface area contributed by atoms with Gasteiger partial charge < -0.3 is 32.5 Å². The summed E-state index contributed by atoms with van der Waals surface area (Å²) in [6.07, 6.45) is 1.45. The first-order valence-corrected chi connectivity index (χ1v) is 8.67. The van der Waals surface area contributed by atoms with Gasteiger partial charge in [0.2, 0.25) is 23.6 Å². The van der Waals surface area contributed by atoms with E-state index >= 15 is 0 Å². The van der Waals surface area contributed by atoms with Gasteiger partial charge in [0.05, 0.1) is 19.5 Å². The second-order valence-corrected chi connectivity index (χ2v) is 5.94. The highest BCUT2D eigenvalue weighted by molar-refractivity contribution is 7.98. The van der Waals surface area contributed by atoms with Gasteiger partial charge in [-0.25, -0.2) is 4.79 Å². The number of primary amides is 1. The van der Waals surface area contributed by atoms with Gasteiger partial charge in [0, 0.05) is 0 Å². The van der Waals surface area contributed by atoms with E-state index in [2.05, 4.69) is 16.0 Å². The van der Waals surface area contributed by atoms with E-state index in [-0.39, 0.29) is 19.5 Å². The molecule has 0 heterocycles. The van der Waals surface area contributed by atoms with Gasteiger partial charge in [-0.1, -0.05) is 0 Å². The molecule has 0 saturated heterocycles. The third kappa shape index (κ3) is 10.2. The Balaban J connectivity index is 4.83. The van der Waals surface area contributed by atoms with Crippen LogP contribution in [0.25, 0.3) is 0 Å². The van der Waals surface area contributed by atoms with Crippen molar-refractivity contribution in [2.24, 2.45) is 11.5 Å². The van der Waals surface area contributed by atoms with E-state index in [4.69, 9.17) is 16.6 Å². The molecule has 0 aromatic rings. The normalized spacial score (nSPS) is 12.6. The zero-order valence-corrected chi connectivity index (χ0v) is 14.6. The molecule has 142 valence electrons. The lowest BCUT2D eigenvalue weighted by molar-refractivity contribution is -0.143. The fourth-order valence-corrected chi connectivity index (χ4v) is 2.15. The molecule has 4 amide bonds. The Bertz CT molecular complexity index is 515. The van der Waals surface area contributed by atoms with Crippen molar-refractivity contribution in [2.75, 3.05) is 25.1 Å². The number of thioether (sulfide) groups is 1. The molecule has 0 aliphatic carbocycles. The average molecular weight is 377 g/mol. The molecule has 0 fully saturated rings. The van der Waals surface area contributed by atoms with Gasteiger partial charge in [-0.05, 0) is 18.4 Å². The second-order valence-electron chi connectivity index (χ2n) is 4.95. The van der Waals surface area contributed by atoms with E-state index < -0.39 is 48.1 Å². The lowest BCUT2D eigenvalue weighted by Crippen LogP contribution is -2.54. The van der Waals surface area contributed by atoms with Crippen molar-refractivity contribution in [2.45, 2.75) is 24.9 Å². The minimum atomic E-state index is -1.49. The Morgan fingerprint density at radius 2 is 1.72 bits per heavy atom. The Kier molecular flexibility index (Phi) is 11.0. The van der Waals surface area contributed by atoms with Crippen LogP contribution in [0.2, 0.25) is 0 Å². The minimum absolute atomic E-state index is 0.229. The number of hydrogen-bond acceptors (Lipinski definition) is 7. The molecule has 0 aliphatic rings. The number of carbonyl (C=O) groups excluding carboxylic acids is 4. The number of carboxylic acids is 1. The van der Waals surface area contributed by atoms with Gasteiger partial charge in [-0.15, -0.1) is 0 Å². The zero-order valence-electron chi connectivity index (χ0n) is 13.7. The Morgan fingerprint density at radius 3 is 2.20 bits per heavy atom. The molecule has 2 atom stereocenters. The number of rotatable bonds is 12. The van der Waals surface area contributed by atoms with Crippen molar-refractivity contribution < 1.29 is 29.1 Å². The fourth-order valence-electron chi connectivity index (χ4n) is 1.67. The Hall–Kier alpha value is -2.34. The quantitative estimate of drug-likeness (QED) is 0.204. The summed E-state index contributed by atoms with van der Waals surface area (Å²) < 4.78 is 0. The van der Waals surface area contributed by atoms with Gasteiger partial charge in [-0.2, -0.15) is 11.8 Å². The van der Waals surface area contributed by atoms with Gasteiger partial charge in [0.15, 0.2) is 0 Å². The van der Waals surface area contributed by atoms with Crippen LogP contribution in [0.5, 0.6) is 0 Å². The molecule has 0 aromatic heterocycles. The molecule has 0 bridgehead atoms. The summed E-state index contributed by atoms with van der Waals surface area (Å²) in [7, 11) is 0. The third-order valence-electron chi connectivity index (χ3n) is 2.91. The second kappa shape index (κ2) is 12.1. The van der Waals surface area contributed by atoms with Crippen molar-refractivity contribution in [3.05, 3.63) is 0 Å². The highest BCUT2D eigenvalue weighted by Gasteiger charge is 2.27. The molecule has 0 aliphatic heterocycles. The summed E-state index contributed by atoms with van der Waals surface area (Å²) in [6.45, 7) is -0.653. The van der Waals surface area contributed by atoms with Crippen LogP contribution in [0.15, 0.2) is 0 Å². The number of aliphatic carboxylic acids is 1. The smallest absolute Gasteiger partial charge is 0.326 e. The highest BCUT2D eigenvalue weighted by Crippen LogP contribution is 2.03. The lowest BCUT2D eigenvalue weighted by Gasteiger charge is -2.21. The molecule has 25 heavy (non-hydrogen) atoms. The summed E-state index contributed by atoms with van der Waals surface area (Å²) in [4.78, 5) is 57.0. The number of carboxylic acid groups (broad SMARTS) is 1. The molecule has 0 aromatic carbocycles. The first-order valence-electron chi connectivity index (χ1n) is 7.27. The topological polar surface area (TPSA) is 194 Å². The van der Waals surface area contributed by atoms with Crippen LogP contribution >= 0.6 is 11.8 Å². The van der Waals surface area contributed by atoms with Gasteiger partial charge >= 0.3 is 5.97 Å². The van der Waals surface area contributed by atoms with Gasteiger partial charge in [0.25, 0.3) is 0 Å². The fraction of sp³-hybridized carbons (Fsp3) is 0.615. The van der Waals surface area contributed by atoms with Crippen LogP contribution < -0.4 is 27.4 Å². The van der Waals surface area contributed by atoms with Crippen LogP contribution in [0.3, 0.4) is 0 Å². The molecular formula is C13H23N5O6S. The highest BCUT2D eigenvalue weighted by atomic mass is 32.2. The minimum Gasteiger partial charge on any atom is -0.480 e. The first-order chi connectivity index (χ1) is 11.7. The molecule has 11 nitrogen and oxygen atoms in total. The molecule has 0 spiro atoms. The molecule has 2 unspecified atom stereocenters. The maximum atomic E-state index is 12.2. The predicted molar refractivity (Wildman–Crippen MR) is 90.4 cm³/mol. The number of amides is 4. The number of hydrogen-bond donors (Lipinski definition) is 6. The summed E-state index contributed by atoms with van der Waals surface area (Å²) in [5.41, 5.74) is 10.0. The zero-order chi connectivity index (χ0) is 19.4. The van der Waals surface area contributed by atoms with Crippen molar-refractivity contribution >= 4 is 41.4 Å². The molecule has 8 N–H and O–H groups in total. The van der Waals surface area contributed by atoms with Crippen LogP contribution in [0.4, 0.5) is 0 Å². The summed E-state index contributed by atoms with van der Waals surface area (Å²) in [5.74, 6) is -3.72. The Labute approximate surface area is 148 Å². The monoisotopic (exact) mass is 377 g/mol. The van der Waals surface area contributed by atoms with Crippen molar-refractivity contribution in [1.29, 1.82) is 0 Å². The third-order valence-corrected chi connectivity index (χ3v) is 3.56. The van der Waals surface area contributed by atoms with E-state index in [1.54, 1.807) is 6.26 Å². The molecular weight excluding hydrogens is 354 g/mol. The molecule has 0 saturated carbocycles. The van der Waals surface area contributed by atoms with Gasteiger partial charge in [0.1, 0.15) is 12.1 Å². The van der Waals surface area contributed by atoms with Crippen LogP contribution in [0, 0.1) is 0 Å². The molecule has 12 heteroatoms. The maximum absolute atomic E-state index is 12.2. The number of nitrogens with two attached hydrogens (primary N) is 2. The van der Waals surface area contributed by atoms with Gasteiger partial charge in [-0.3, -0.25) is 19.2 Å². The van der Waals surface area contributed by atoms with Crippen LogP contribution in [0.1, 0.15) is 12.8 Å². The van der Waals surface area contributed by atoms with E-state index in [0.29, 0.717) is 5.75 Å². The summed E-state index contributed by atoms with van der Waals surface area (Å²) in [6, 6.07) is -2.51. The first kappa shape index (κ1) is 22.7. The standard InChI is InChI=1S/C13H23N5O6S/c1-25-3-2-7(17-11(21)6-16-10(20)5-14)12(22)18-8(13(23)24)4-9(15)19/h7-8H,2-6,14H2,1H3,(H2,15,19)(H,16,20)(H,17,21)(H,18,22)(H,23,24). The van der Waals surface area contributed by atoms with Crippen molar-refractivity contribution in [3.63, 3.8) is 0 Å². The lowest BCUT2D eigenvalue weighted by atomic mass is 10.1. The largest absolute Gasteiger partial charge is 0.480 e. The van der Waals surface area contributed by atoms with E-state index in [1.807, 2.05) is 0 Å². The van der Waals surface area contributed by atoms with Crippen LogP contribution in [-0.2, 0) is 24.0 Å². The maximum Gasteiger partial charge on any atom is 0.326 e. The summed E-state index contributed by atoms with van der Waals surface area (Å²) >= 11 is 1.42. The molecule has 0 radical (unpaired) electrons. The SMILES string of the molecule is CSCCC(NC(=O)CNC(=O)CN)C(=O)NC(CC(N)=O)C(=O)O. The molecule has 0 rings (SSSR count). The predicted octanol–water partition coefficient (Wildman–Crippen LogP) is -3.26.